The highest BCUT2D eigenvalue weighted by Gasteiger charge is 2.34. The number of carbonyl (C=O) groups excluding carboxylic acids is 1. The van der Waals surface area contributed by atoms with E-state index >= 15 is 0 Å². The number of hydrogen-bond acceptors (Lipinski definition) is 3. The van der Waals surface area contributed by atoms with E-state index in [-0.39, 0.29) is 12.1 Å². The van der Waals surface area contributed by atoms with E-state index in [4.69, 9.17) is 0 Å². The van der Waals surface area contributed by atoms with Crippen LogP contribution in [0.5, 0.6) is 0 Å². The number of piperidine rings is 1. The predicted molar refractivity (Wildman–Crippen MR) is 120 cm³/mol. The van der Waals surface area contributed by atoms with Gasteiger partial charge in [-0.3, -0.25) is 0 Å². The molecule has 2 unspecified atom stereocenters. The van der Waals surface area contributed by atoms with Crippen LogP contribution < -0.4 is 10.6 Å². The van der Waals surface area contributed by atoms with Crippen LogP contribution in [-0.2, 0) is 0 Å². The van der Waals surface area contributed by atoms with Crippen molar-refractivity contribution in [3.63, 3.8) is 0 Å². The molecular weight excluding hydrogens is 372 g/mol. The minimum atomic E-state index is 0.0782. The third kappa shape index (κ3) is 4.09. The van der Waals surface area contributed by atoms with E-state index in [1.54, 1.807) is 0 Å². The minimum Gasteiger partial charge on any atom is -0.335 e. The van der Waals surface area contributed by atoms with Gasteiger partial charge >= 0.3 is 6.03 Å². The first-order valence-corrected chi connectivity index (χ1v) is 11.4. The fraction of sp³-hybridized carbons (Fsp3) is 0.480. The highest BCUT2D eigenvalue weighted by molar-refractivity contribution is 5.75. The van der Waals surface area contributed by atoms with Crippen molar-refractivity contribution in [2.45, 2.75) is 31.3 Å². The van der Waals surface area contributed by atoms with Crippen molar-refractivity contribution in [2.24, 2.45) is 5.92 Å². The van der Waals surface area contributed by atoms with Crippen LogP contribution in [-0.4, -0.2) is 61.1 Å². The molecule has 0 spiro atoms. The SMILES string of the molecule is O=C(NC1CCN2CCC1CC2)N1CCNCC1c1ccc(-c2ccccc2)cc1. The monoisotopic (exact) mass is 404 g/mol. The average Bonchev–Trinajstić information content (AvgIpc) is 3.13. The molecule has 0 saturated carbocycles. The van der Waals surface area contributed by atoms with Crippen LogP contribution in [0.4, 0.5) is 4.79 Å². The lowest BCUT2D eigenvalue weighted by molar-refractivity contribution is 0.149. The number of benzene rings is 2. The summed E-state index contributed by atoms with van der Waals surface area (Å²) in [5.41, 5.74) is 3.63. The lowest BCUT2D eigenvalue weighted by Gasteiger charge is -2.38. The van der Waals surface area contributed by atoms with Gasteiger partial charge in [0, 0.05) is 32.2 Å². The maximum Gasteiger partial charge on any atom is 0.318 e. The van der Waals surface area contributed by atoms with Crippen LogP contribution in [0, 0.1) is 5.92 Å². The average molecular weight is 405 g/mol. The second-order valence-electron chi connectivity index (χ2n) is 8.93. The molecule has 4 heterocycles. The Morgan fingerprint density at radius 1 is 0.867 bits per heavy atom. The number of piperazine rings is 1. The summed E-state index contributed by atoms with van der Waals surface area (Å²) in [6.07, 6.45) is 3.52. The van der Waals surface area contributed by atoms with Crippen LogP contribution >= 0.6 is 0 Å². The molecule has 0 radical (unpaired) electrons. The Bertz CT molecular complexity index is 845. The highest BCUT2D eigenvalue weighted by atomic mass is 16.2. The van der Waals surface area contributed by atoms with Gasteiger partial charge in [0.1, 0.15) is 0 Å². The van der Waals surface area contributed by atoms with E-state index in [0.29, 0.717) is 12.0 Å². The minimum absolute atomic E-state index is 0.0782. The third-order valence-electron chi connectivity index (χ3n) is 7.17. The molecule has 0 aromatic heterocycles. The van der Waals surface area contributed by atoms with Gasteiger partial charge in [-0.05, 0) is 55.0 Å². The van der Waals surface area contributed by atoms with Crippen molar-refractivity contribution < 1.29 is 4.79 Å². The topological polar surface area (TPSA) is 47.6 Å². The zero-order chi connectivity index (χ0) is 20.3. The number of amides is 2. The molecule has 2 atom stereocenters. The Labute approximate surface area is 179 Å². The first-order chi connectivity index (χ1) is 14.8. The molecular formula is C25H32N4O. The van der Waals surface area contributed by atoms with E-state index in [9.17, 15) is 4.79 Å². The Balaban J connectivity index is 1.30. The first-order valence-electron chi connectivity index (χ1n) is 11.4. The van der Waals surface area contributed by atoms with Gasteiger partial charge < -0.3 is 20.4 Å². The van der Waals surface area contributed by atoms with Crippen LogP contribution in [0.3, 0.4) is 0 Å². The summed E-state index contributed by atoms with van der Waals surface area (Å²) in [6, 6.07) is 19.7. The van der Waals surface area contributed by atoms with E-state index in [1.807, 2.05) is 11.0 Å². The van der Waals surface area contributed by atoms with E-state index in [0.717, 1.165) is 32.6 Å². The largest absolute Gasteiger partial charge is 0.335 e. The molecule has 2 bridgehead atoms. The molecule has 0 aliphatic carbocycles. The molecule has 5 nitrogen and oxygen atoms in total. The van der Waals surface area contributed by atoms with Gasteiger partial charge in [-0.2, -0.15) is 0 Å². The summed E-state index contributed by atoms with van der Waals surface area (Å²) in [6.45, 7) is 5.92. The Kier molecular flexibility index (Phi) is 5.73. The summed E-state index contributed by atoms with van der Waals surface area (Å²) in [4.78, 5) is 17.9. The van der Waals surface area contributed by atoms with Gasteiger partial charge in [0.2, 0.25) is 0 Å². The van der Waals surface area contributed by atoms with Gasteiger partial charge in [0.15, 0.2) is 0 Å². The quantitative estimate of drug-likeness (QED) is 0.823. The maximum atomic E-state index is 13.3. The van der Waals surface area contributed by atoms with Crippen molar-refractivity contribution in [2.75, 3.05) is 39.3 Å². The van der Waals surface area contributed by atoms with E-state index < -0.39 is 0 Å². The van der Waals surface area contributed by atoms with E-state index in [1.165, 1.54) is 42.6 Å². The number of fused-ring (bicyclic) bond motifs is 4. The smallest absolute Gasteiger partial charge is 0.318 e. The fourth-order valence-electron chi connectivity index (χ4n) is 5.34. The lowest BCUT2D eigenvalue weighted by Crippen LogP contribution is -2.54. The third-order valence-corrected chi connectivity index (χ3v) is 7.17. The van der Waals surface area contributed by atoms with Gasteiger partial charge in [-0.25, -0.2) is 4.79 Å². The van der Waals surface area contributed by atoms with E-state index in [2.05, 4.69) is 64.1 Å². The van der Waals surface area contributed by atoms with Crippen LogP contribution in [0.1, 0.15) is 30.9 Å². The molecule has 2 amide bonds. The zero-order valence-electron chi connectivity index (χ0n) is 17.6. The molecule has 2 aromatic carbocycles. The molecule has 2 N–H and O–H groups in total. The van der Waals surface area contributed by atoms with Crippen LogP contribution in [0.25, 0.3) is 11.1 Å². The molecule has 4 fully saturated rings. The van der Waals surface area contributed by atoms with Gasteiger partial charge in [0.25, 0.3) is 0 Å². The number of nitrogens with zero attached hydrogens (tertiary/aromatic N) is 2. The second-order valence-corrected chi connectivity index (χ2v) is 8.93. The summed E-state index contributed by atoms with van der Waals surface area (Å²) in [7, 11) is 0. The number of carbonyl (C=O) groups is 1. The van der Waals surface area contributed by atoms with Crippen molar-refractivity contribution in [1.29, 1.82) is 0 Å². The van der Waals surface area contributed by atoms with Gasteiger partial charge in [-0.1, -0.05) is 54.6 Å². The van der Waals surface area contributed by atoms with Crippen LogP contribution in [0.15, 0.2) is 54.6 Å². The molecule has 6 rings (SSSR count). The molecule has 5 heteroatoms. The predicted octanol–water partition coefficient (Wildman–Crippen LogP) is 3.49. The first kappa shape index (κ1) is 19.6. The molecule has 2 aromatic rings. The standard InChI is InChI=1S/C25H32N4O/c30-25(27-23-12-16-28-14-10-21(23)11-15-28)29-17-13-26-18-24(29)22-8-6-20(7-9-22)19-4-2-1-3-5-19/h1-9,21,23-24,26H,10-18H2,(H,27,30). The lowest BCUT2D eigenvalue weighted by atomic mass is 9.90. The number of rotatable bonds is 3. The fourth-order valence-corrected chi connectivity index (χ4v) is 5.34. The van der Waals surface area contributed by atoms with Crippen molar-refractivity contribution in [3.8, 4) is 11.1 Å². The molecule has 158 valence electrons. The normalized spacial score (nSPS) is 28.7. The van der Waals surface area contributed by atoms with Crippen molar-refractivity contribution >= 4 is 6.03 Å². The maximum absolute atomic E-state index is 13.3. The molecule has 4 aliphatic rings. The second kappa shape index (κ2) is 8.78. The van der Waals surface area contributed by atoms with Gasteiger partial charge in [0.05, 0.1) is 6.04 Å². The highest BCUT2D eigenvalue weighted by Crippen LogP contribution is 2.29. The molecule has 4 saturated heterocycles. The number of urea groups is 1. The Morgan fingerprint density at radius 3 is 2.33 bits per heavy atom. The molecule has 30 heavy (non-hydrogen) atoms. The number of nitrogens with one attached hydrogen (secondary N) is 2. The summed E-state index contributed by atoms with van der Waals surface area (Å²) in [5.74, 6) is 0.638. The summed E-state index contributed by atoms with van der Waals surface area (Å²) in [5, 5.41) is 6.90. The van der Waals surface area contributed by atoms with Crippen molar-refractivity contribution in [3.05, 3.63) is 60.2 Å². The Morgan fingerprint density at radius 2 is 1.57 bits per heavy atom. The van der Waals surface area contributed by atoms with Gasteiger partial charge in [-0.15, -0.1) is 0 Å². The molecule has 4 aliphatic heterocycles. The van der Waals surface area contributed by atoms with Crippen molar-refractivity contribution in [1.82, 2.24) is 20.4 Å². The summed E-state index contributed by atoms with van der Waals surface area (Å²) >= 11 is 0. The summed E-state index contributed by atoms with van der Waals surface area (Å²) < 4.78 is 0. The zero-order valence-corrected chi connectivity index (χ0v) is 17.6. The van der Waals surface area contributed by atoms with Crippen LogP contribution in [0.2, 0.25) is 0 Å². The Hall–Kier alpha value is -2.37. The number of hydrogen-bond donors (Lipinski definition) is 2.